The first-order valence-electron chi connectivity index (χ1n) is 7.66. The predicted molar refractivity (Wildman–Crippen MR) is 92.8 cm³/mol. The van der Waals surface area contributed by atoms with E-state index >= 15 is 0 Å². The molecule has 6 heteroatoms. The van der Waals surface area contributed by atoms with E-state index < -0.39 is 0 Å². The van der Waals surface area contributed by atoms with E-state index in [2.05, 4.69) is 28.9 Å². The van der Waals surface area contributed by atoms with Crippen LogP contribution in [0.15, 0.2) is 0 Å². The predicted octanol–water partition coefficient (Wildman–Crippen LogP) is 2.90. The number of thioether (sulfide) groups is 1. The summed E-state index contributed by atoms with van der Waals surface area (Å²) in [6, 6.07) is 0. The lowest BCUT2D eigenvalue weighted by Gasteiger charge is -2.33. The van der Waals surface area contributed by atoms with Crippen LogP contribution in [0.3, 0.4) is 0 Å². The highest BCUT2D eigenvalue weighted by molar-refractivity contribution is 8.00. The Morgan fingerprint density at radius 3 is 2.86 bits per heavy atom. The lowest BCUT2D eigenvalue weighted by Crippen LogP contribution is -2.37. The Hall–Kier alpha value is -0.880. The van der Waals surface area contributed by atoms with Crippen molar-refractivity contribution < 1.29 is 4.79 Å². The lowest BCUT2D eigenvalue weighted by molar-refractivity contribution is 0.0968. The van der Waals surface area contributed by atoms with Crippen molar-refractivity contribution in [3.05, 3.63) is 10.4 Å². The normalized spacial score (nSPS) is 22.4. The van der Waals surface area contributed by atoms with Crippen molar-refractivity contribution in [2.75, 3.05) is 36.5 Å². The Kier molecular flexibility index (Phi) is 4.36. The Bertz CT molecular complexity index is 539. The summed E-state index contributed by atoms with van der Waals surface area (Å²) >= 11 is 3.65. The first kappa shape index (κ1) is 15.0. The van der Waals surface area contributed by atoms with Crippen LogP contribution in [-0.4, -0.2) is 37.0 Å². The van der Waals surface area contributed by atoms with Crippen LogP contribution < -0.4 is 16.0 Å². The minimum Gasteiger partial charge on any atom is -0.397 e. The minimum absolute atomic E-state index is 0.0518. The molecule has 0 spiro atoms. The summed E-state index contributed by atoms with van der Waals surface area (Å²) in [5, 5.41) is 4.66. The molecule has 2 fully saturated rings. The van der Waals surface area contributed by atoms with E-state index in [0.29, 0.717) is 16.0 Å². The number of nitrogens with zero attached hydrogens (tertiary/aromatic N) is 1. The Labute approximate surface area is 134 Å². The van der Waals surface area contributed by atoms with Gasteiger partial charge in [0.25, 0.3) is 5.91 Å². The van der Waals surface area contributed by atoms with Crippen molar-refractivity contribution in [2.24, 2.45) is 0 Å². The molecule has 1 aromatic rings. The van der Waals surface area contributed by atoms with E-state index in [1.165, 1.54) is 29.8 Å². The number of carbonyl (C=O) groups is 1. The molecule has 0 radical (unpaired) electrons. The van der Waals surface area contributed by atoms with Crippen LogP contribution in [0.25, 0.3) is 0 Å². The lowest BCUT2D eigenvalue weighted by atomic mass is 10.1. The fourth-order valence-electron chi connectivity index (χ4n) is 2.88. The highest BCUT2D eigenvalue weighted by Gasteiger charge is 2.35. The molecule has 1 aromatic heterocycles. The molecule has 21 heavy (non-hydrogen) atoms. The van der Waals surface area contributed by atoms with Crippen LogP contribution in [-0.2, 0) is 0 Å². The molecule has 3 N–H and O–H groups in total. The van der Waals surface area contributed by atoms with Gasteiger partial charge >= 0.3 is 0 Å². The van der Waals surface area contributed by atoms with Crippen LogP contribution in [0.4, 0.5) is 10.7 Å². The van der Waals surface area contributed by atoms with Gasteiger partial charge in [0.1, 0.15) is 4.88 Å². The maximum Gasteiger partial charge on any atom is 0.263 e. The molecule has 1 aliphatic heterocycles. The minimum atomic E-state index is -0.0518. The van der Waals surface area contributed by atoms with E-state index in [-0.39, 0.29) is 5.91 Å². The van der Waals surface area contributed by atoms with Crippen LogP contribution in [0.5, 0.6) is 0 Å². The topological polar surface area (TPSA) is 58.4 Å². The number of nitrogens with one attached hydrogen (secondary N) is 1. The molecule has 1 aliphatic carbocycles. The van der Waals surface area contributed by atoms with Crippen LogP contribution in [0, 0.1) is 0 Å². The first-order valence-corrected chi connectivity index (χ1v) is 9.53. The molecule has 2 aliphatic rings. The number of amides is 1. The maximum atomic E-state index is 12.0. The summed E-state index contributed by atoms with van der Waals surface area (Å²) in [5.41, 5.74) is 8.29. The molecule has 116 valence electrons. The zero-order chi connectivity index (χ0) is 15.0. The van der Waals surface area contributed by atoms with Gasteiger partial charge < -0.3 is 16.0 Å². The molecule has 0 aromatic carbocycles. The number of hydrogen-bond acceptors (Lipinski definition) is 5. The molecular weight excluding hydrogens is 302 g/mol. The van der Waals surface area contributed by atoms with Crippen molar-refractivity contribution in [1.29, 1.82) is 0 Å². The van der Waals surface area contributed by atoms with Gasteiger partial charge in [-0.1, -0.05) is 6.92 Å². The van der Waals surface area contributed by atoms with Crippen LogP contribution in [0.1, 0.15) is 47.3 Å². The van der Waals surface area contributed by atoms with Crippen molar-refractivity contribution in [3.63, 3.8) is 0 Å². The molecule has 3 rings (SSSR count). The second kappa shape index (κ2) is 6.08. The van der Waals surface area contributed by atoms with Gasteiger partial charge in [-0.05, 0) is 25.2 Å². The number of rotatable bonds is 4. The Balaban J connectivity index is 1.95. The average Bonchev–Trinajstić information content (AvgIpc) is 3.29. The van der Waals surface area contributed by atoms with Gasteiger partial charge in [-0.25, -0.2) is 0 Å². The van der Waals surface area contributed by atoms with E-state index in [1.807, 2.05) is 0 Å². The van der Waals surface area contributed by atoms with Crippen LogP contribution >= 0.6 is 23.1 Å². The van der Waals surface area contributed by atoms with Crippen LogP contribution in [0.2, 0.25) is 0 Å². The summed E-state index contributed by atoms with van der Waals surface area (Å²) in [6.07, 6.45) is 3.62. The Morgan fingerprint density at radius 1 is 1.48 bits per heavy atom. The van der Waals surface area contributed by atoms with Gasteiger partial charge in [-0.3, -0.25) is 4.79 Å². The Morgan fingerprint density at radius 2 is 2.24 bits per heavy atom. The van der Waals surface area contributed by atoms with Gasteiger partial charge in [-0.15, -0.1) is 11.3 Å². The molecule has 2 heterocycles. The second-order valence-electron chi connectivity index (χ2n) is 5.76. The molecule has 1 unspecified atom stereocenters. The van der Waals surface area contributed by atoms with Crippen molar-refractivity contribution in [2.45, 2.75) is 37.4 Å². The molecule has 0 bridgehead atoms. The molecule has 1 saturated carbocycles. The summed E-state index contributed by atoms with van der Waals surface area (Å²) in [6.45, 7) is 4.39. The van der Waals surface area contributed by atoms with Gasteiger partial charge in [0, 0.05) is 36.7 Å². The summed E-state index contributed by atoms with van der Waals surface area (Å²) in [5.74, 6) is 1.68. The summed E-state index contributed by atoms with van der Waals surface area (Å²) < 4.78 is 0. The molecule has 1 amide bonds. The second-order valence-corrected chi connectivity index (χ2v) is 8.17. The summed E-state index contributed by atoms with van der Waals surface area (Å²) in [4.78, 5) is 15.2. The number of thiophene rings is 1. The molecular formula is C15H23N3OS2. The van der Waals surface area contributed by atoms with E-state index in [4.69, 9.17) is 5.73 Å². The van der Waals surface area contributed by atoms with Gasteiger partial charge in [-0.2, -0.15) is 11.8 Å². The quantitative estimate of drug-likeness (QED) is 0.894. The van der Waals surface area contributed by atoms with E-state index in [0.717, 1.165) is 24.5 Å². The number of anilines is 2. The largest absolute Gasteiger partial charge is 0.397 e. The zero-order valence-electron chi connectivity index (χ0n) is 12.6. The van der Waals surface area contributed by atoms with Crippen molar-refractivity contribution >= 4 is 39.7 Å². The smallest absolute Gasteiger partial charge is 0.263 e. The fraction of sp³-hybridized carbons (Fsp3) is 0.667. The number of hydrogen-bond donors (Lipinski definition) is 2. The SMILES string of the molecule is CCC1CN(c2sc(C(=O)NC)c(N)c2C2CC2)CCS1. The van der Waals surface area contributed by atoms with Gasteiger partial charge in [0.05, 0.1) is 10.7 Å². The zero-order valence-corrected chi connectivity index (χ0v) is 14.3. The summed E-state index contributed by atoms with van der Waals surface area (Å²) in [7, 11) is 1.67. The molecule has 4 nitrogen and oxygen atoms in total. The number of nitrogen functional groups attached to an aromatic ring is 1. The highest BCUT2D eigenvalue weighted by atomic mass is 32.2. The maximum absolute atomic E-state index is 12.0. The van der Waals surface area contributed by atoms with E-state index in [9.17, 15) is 4.79 Å². The fourth-order valence-corrected chi connectivity index (χ4v) is 5.35. The monoisotopic (exact) mass is 325 g/mol. The first-order chi connectivity index (χ1) is 10.2. The van der Waals surface area contributed by atoms with Gasteiger partial charge in [0.15, 0.2) is 0 Å². The molecule has 1 atom stereocenters. The van der Waals surface area contributed by atoms with E-state index in [1.54, 1.807) is 18.4 Å². The molecule has 1 saturated heterocycles. The number of nitrogens with two attached hydrogens (primary N) is 1. The van der Waals surface area contributed by atoms with Crippen molar-refractivity contribution in [1.82, 2.24) is 5.32 Å². The highest BCUT2D eigenvalue weighted by Crippen LogP contribution is 2.52. The third-order valence-corrected chi connectivity index (χ3v) is 6.92. The third kappa shape index (κ3) is 2.88. The van der Waals surface area contributed by atoms with Crippen molar-refractivity contribution in [3.8, 4) is 0 Å². The average molecular weight is 326 g/mol. The van der Waals surface area contributed by atoms with Gasteiger partial charge in [0.2, 0.25) is 0 Å². The third-order valence-electron chi connectivity index (χ3n) is 4.26. The standard InChI is InChI=1S/C15H23N3OS2/c1-3-10-8-18(6-7-20-10)15-11(9-4-5-9)12(16)13(21-15)14(19)17-2/h9-10H,3-8,16H2,1-2H3,(H,17,19). The number of carbonyl (C=O) groups excluding carboxylic acids is 1.